The zero-order chi connectivity index (χ0) is 29.8. The van der Waals surface area contributed by atoms with Crippen molar-refractivity contribution >= 4 is 22.3 Å². The van der Waals surface area contributed by atoms with Crippen molar-refractivity contribution in [2.24, 2.45) is 11.3 Å². The highest BCUT2D eigenvalue weighted by atomic mass is 19.1. The standard InChI is InChI=1S/C31H31F2N9/c1-17-22(7-8-24(32)38-17)27(28-29(33)42(41-40-28)31(9-10-31)20-5-6-20)39-21-11-18(13-34)25-23(12-21)26(19(14-35)15-36-25)37-16-30(2,3)4/h7-8,11-12,15,20,27,39H,5-6,9-10,16H2,1-4H3,(H,36,37). The average molecular weight is 568 g/mol. The molecule has 2 fully saturated rings. The van der Waals surface area contributed by atoms with Gasteiger partial charge in [0.1, 0.15) is 23.9 Å². The molecule has 0 saturated heterocycles. The molecule has 214 valence electrons. The fraction of sp³-hybridized carbons (Fsp3) is 0.419. The quantitative estimate of drug-likeness (QED) is 0.244. The van der Waals surface area contributed by atoms with E-state index < -0.39 is 17.9 Å². The SMILES string of the molecule is Cc1nc(F)ccc1C(Nc1cc(C#N)c2ncc(C#N)c(NCC(C)(C)C)c2c1)c1nnn(C2(C3CC3)CC2)c1F. The number of nitrogens with zero attached hydrogens (tertiary/aromatic N) is 7. The summed E-state index contributed by atoms with van der Waals surface area (Å²) in [6, 6.07) is 9.69. The van der Waals surface area contributed by atoms with Gasteiger partial charge in [-0.1, -0.05) is 32.1 Å². The molecule has 4 aromatic rings. The van der Waals surface area contributed by atoms with Gasteiger partial charge in [-0.3, -0.25) is 4.98 Å². The third-order valence-electron chi connectivity index (χ3n) is 8.16. The fourth-order valence-electron chi connectivity index (χ4n) is 5.69. The number of aromatic nitrogens is 5. The molecule has 1 unspecified atom stereocenters. The third kappa shape index (κ3) is 4.89. The van der Waals surface area contributed by atoms with Crippen molar-refractivity contribution in [1.29, 1.82) is 10.5 Å². The number of fused-ring (bicyclic) bond motifs is 1. The van der Waals surface area contributed by atoms with E-state index in [4.69, 9.17) is 0 Å². The summed E-state index contributed by atoms with van der Waals surface area (Å²) in [7, 11) is 0. The van der Waals surface area contributed by atoms with Crippen LogP contribution in [-0.2, 0) is 5.54 Å². The Kier molecular flexibility index (Phi) is 6.57. The molecule has 1 aromatic carbocycles. The Hall–Kier alpha value is -4.64. The number of anilines is 2. The summed E-state index contributed by atoms with van der Waals surface area (Å²) in [4.78, 5) is 8.38. The van der Waals surface area contributed by atoms with Crippen LogP contribution in [0.15, 0.2) is 30.5 Å². The Labute approximate surface area is 242 Å². The molecule has 9 nitrogen and oxygen atoms in total. The first kappa shape index (κ1) is 27.5. The van der Waals surface area contributed by atoms with E-state index in [1.165, 1.54) is 16.9 Å². The van der Waals surface area contributed by atoms with Crippen LogP contribution < -0.4 is 10.6 Å². The van der Waals surface area contributed by atoms with E-state index in [1.807, 2.05) is 0 Å². The summed E-state index contributed by atoms with van der Waals surface area (Å²) in [6.07, 6.45) is 5.28. The van der Waals surface area contributed by atoms with Crippen molar-refractivity contribution in [2.75, 3.05) is 17.2 Å². The second kappa shape index (κ2) is 10.0. The molecule has 1 atom stereocenters. The van der Waals surface area contributed by atoms with Crippen molar-refractivity contribution in [1.82, 2.24) is 25.0 Å². The van der Waals surface area contributed by atoms with Crippen molar-refractivity contribution in [3.05, 3.63) is 70.4 Å². The first-order valence-electron chi connectivity index (χ1n) is 14.1. The van der Waals surface area contributed by atoms with Crippen LogP contribution in [-0.4, -0.2) is 31.5 Å². The Morgan fingerprint density at radius 2 is 1.86 bits per heavy atom. The molecule has 3 aromatic heterocycles. The highest BCUT2D eigenvalue weighted by Crippen LogP contribution is 2.59. The highest BCUT2D eigenvalue weighted by Gasteiger charge is 2.58. The van der Waals surface area contributed by atoms with E-state index in [0.29, 0.717) is 51.6 Å². The summed E-state index contributed by atoms with van der Waals surface area (Å²) < 4.78 is 31.6. The number of nitriles is 2. The third-order valence-corrected chi connectivity index (χ3v) is 8.16. The largest absolute Gasteiger partial charge is 0.383 e. The van der Waals surface area contributed by atoms with Crippen LogP contribution in [0.4, 0.5) is 20.2 Å². The smallest absolute Gasteiger partial charge is 0.237 e. The second-order valence-electron chi connectivity index (χ2n) is 12.5. The van der Waals surface area contributed by atoms with Crippen LogP contribution in [0.2, 0.25) is 0 Å². The van der Waals surface area contributed by atoms with Gasteiger partial charge >= 0.3 is 0 Å². The minimum absolute atomic E-state index is 0.0621. The van der Waals surface area contributed by atoms with Crippen LogP contribution >= 0.6 is 0 Å². The first-order valence-corrected chi connectivity index (χ1v) is 14.1. The van der Waals surface area contributed by atoms with Crippen LogP contribution in [0.25, 0.3) is 10.9 Å². The van der Waals surface area contributed by atoms with E-state index in [-0.39, 0.29) is 22.2 Å². The number of rotatable bonds is 8. The van der Waals surface area contributed by atoms with E-state index in [9.17, 15) is 14.9 Å². The lowest BCUT2D eigenvalue weighted by molar-refractivity contribution is 0.314. The molecular weight excluding hydrogens is 536 g/mol. The molecule has 2 saturated carbocycles. The van der Waals surface area contributed by atoms with Crippen LogP contribution in [0.5, 0.6) is 0 Å². The number of pyridine rings is 2. The minimum atomic E-state index is -0.885. The van der Waals surface area contributed by atoms with Crippen molar-refractivity contribution in [3.63, 3.8) is 0 Å². The zero-order valence-corrected chi connectivity index (χ0v) is 24.0. The van der Waals surface area contributed by atoms with Crippen molar-refractivity contribution < 1.29 is 8.78 Å². The maximum Gasteiger partial charge on any atom is 0.237 e. The van der Waals surface area contributed by atoms with E-state index in [0.717, 1.165) is 25.7 Å². The second-order valence-corrected chi connectivity index (χ2v) is 12.5. The Balaban J connectivity index is 1.48. The predicted octanol–water partition coefficient (Wildman–Crippen LogP) is 6.11. The summed E-state index contributed by atoms with van der Waals surface area (Å²) in [5, 5.41) is 35.7. The number of aryl methyl sites for hydroxylation is 1. The lowest BCUT2D eigenvalue weighted by Gasteiger charge is -2.23. The van der Waals surface area contributed by atoms with Gasteiger partial charge in [0.2, 0.25) is 11.9 Å². The normalized spacial score (nSPS) is 16.5. The molecular formula is C31H31F2N9. The molecule has 11 heteroatoms. The molecule has 2 N–H and O–H groups in total. The molecule has 0 aliphatic heterocycles. The number of nitrogens with one attached hydrogen (secondary N) is 2. The number of hydrogen-bond donors (Lipinski definition) is 2. The van der Waals surface area contributed by atoms with Gasteiger partial charge in [-0.15, -0.1) is 5.10 Å². The van der Waals surface area contributed by atoms with Gasteiger partial charge in [-0.25, -0.2) is 9.67 Å². The molecule has 2 aliphatic rings. The highest BCUT2D eigenvalue weighted by molar-refractivity contribution is 5.99. The van der Waals surface area contributed by atoms with Crippen molar-refractivity contribution in [2.45, 2.75) is 65.0 Å². The molecule has 0 bridgehead atoms. The molecule has 6 rings (SSSR count). The Bertz CT molecular complexity index is 1780. The zero-order valence-electron chi connectivity index (χ0n) is 24.0. The van der Waals surface area contributed by atoms with Gasteiger partial charge in [0.15, 0.2) is 0 Å². The lowest BCUT2D eigenvalue weighted by atomic mass is 9.96. The van der Waals surface area contributed by atoms with E-state index >= 15 is 4.39 Å². The first-order chi connectivity index (χ1) is 20.0. The van der Waals surface area contributed by atoms with Gasteiger partial charge in [-0.05, 0) is 62.1 Å². The molecule has 0 spiro atoms. The fourth-order valence-corrected chi connectivity index (χ4v) is 5.69. The number of hydrogen-bond acceptors (Lipinski definition) is 8. The maximum absolute atomic E-state index is 16.2. The van der Waals surface area contributed by atoms with Gasteiger partial charge < -0.3 is 10.6 Å². The van der Waals surface area contributed by atoms with Crippen molar-refractivity contribution in [3.8, 4) is 12.1 Å². The lowest BCUT2D eigenvalue weighted by Crippen LogP contribution is -2.24. The predicted molar refractivity (Wildman–Crippen MR) is 153 cm³/mol. The van der Waals surface area contributed by atoms with E-state index in [1.54, 1.807) is 25.1 Å². The molecule has 42 heavy (non-hydrogen) atoms. The maximum atomic E-state index is 16.2. The monoisotopic (exact) mass is 567 g/mol. The molecule has 2 aliphatic carbocycles. The van der Waals surface area contributed by atoms with Crippen LogP contribution in [0, 0.1) is 52.8 Å². The Morgan fingerprint density at radius 1 is 1.12 bits per heavy atom. The van der Waals surface area contributed by atoms with Crippen LogP contribution in [0.1, 0.15) is 80.6 Å². The van der Waals surface area contributed by atoms with Gasteiger partial charge in [0, 0.05) is 35.1 Å². The van der Waals surface area contributed by atoms with E-state index in [2.05, 4.69) is 63.8 Å². The summed E-state index contributed by atoms with van der Waals surface area (Å²) in [6.45, 7) is 8.44. The molecule has 3 heterocycles. The van der Waals surface area contributed by atoms with Gasteiger partial charge in [0.05, 0.1) is 27.9 Å². The number of halogens is 2. The molecule has 0 amide bonds. The minimum Gasteiger partial charge on any atom is -0.383 e. The van der Waals surface area contributed by atoms with Gasteiger partial charge in [-0.2, -0.15) is 19.3 Å². The molecule has 0 radical (unpaired) electrons. The Morgan fingerprint density at radius 3 is 2.48 bits per heavy atom. The van der Waals surface area contributed by atoms with Gasteiger partial charge in [0.25, 0.3) is 0 Å². The summed E-state index contributed by atoms with van der Waals surface area (Å²) in [5.41, 5.74) is 2.63. The van der Waals surface area contributed by atoms with Crippen LogP contribution in [0.3, 0.4) is 0 Å². The topological polar surface area (TPSA) is 128 Å². The number of benzene rings is 1. The summed E-state index contributed by atoms with van der Waals surface area (Å²) in [5.74, 6) is -0.781. The average Bonchev–Trinajstić information content (AvgIpc) is 3.87. The summed E-state index contributed by atoms with van der Waals surface area (Å²) >= 11 is 0.